The van der Waals surface area contributed by atoms with E-state index in [2.05, 4.69) is 10.0 Å². The second-order valence-electron chi connectivity index (χ2n) is 2.81. The summed E-state index contributed by atoms with van der Waals surface area (Å²) in [7, 11) is 1.39. The van der Waals surface area contributed by atoms with Crippen molar-refractivity contribution in [3.63, 3.8) is 0 Å². The summed E-state index contributed by atoms with van der Waals surface area (Å²) in [6.45, 7) is 0.722. The number of rotatable bonds is 2. The zero-order chi connectivity index (χ0) is 9.47. The van der Waals surface area contributed by atoms with Gasteiger partial charge in [-0.2, -0.15) is 0 Å². The predicted octanol–water partition coefficient (Wildman–Crippen LogP) is 0.554. The Kier molecular flexibility index (Phi) is 1.87. The Labute approximate surface area is 78.8 Å². The van der Waals surface area contributed by atoms with Crippen LogP contribution in [-0.2, 0) is 9.53 Å². The number of hydrogen-bond acceptors (Lipinski definition) is 4. The minimum atomic E-state index is -1.27. The Bertz CT molecular complexity index is 303. The lowest BCUT2D eigenvalue weighted by Crippen LogP contribution is -2.70. The number of thioether (sulfide) groups is 1. The molecule has 13 heavy (non-hydrogen) atoms. The summed E-state index contributed by atoms with van der Waals surface area (Å²) in [5, 5.41) is 3.33. The van der Waals surface area contributed by atoms with Crippen LogP contribution in [0, 0.1) is 0 Å². The molecule has 2 fully saturated rings. The van der Waals surface area contributed by atoms with Gasteiger partial charge in [0, 0.05) is 24.3 Å². The summed E-state index contributed by atoms with van der Waals surface area (Å²) >= 11 is 1.58. The van der Waals surface area contributed by atoms with E-state index in [0.29, 0.717) is 0 Å². The van der Waals surface area contributed by atoms with Gasteiger partial charge in [-0.15, -0.1) is 11.8 Å². The third-order valence-corrected chi connectivity index (χ3v) is 3.61. The van der Waals surface area contributed by atoms with Crippen LogP contribution in [-0.4, -0.2) is 41.3 Å². The molecule has 0 N–H and O–H groups in total. The average molecular weight is 200 g/mol. The molecular weight excluding hydrogens is 192 g/mol. The molecular formula is C6H8N4O2S. The molecule has 2 aliphatic heterocycles. The fourth-order valence-corrected chi connectivity index (χ4v) is 3.01. The normalized spacial score (nSPS) is 36.5. The Morgan fingerprint density at radius 1 is 1.92 bits per heavy atom. The van der Waals surface area contributed by atoms with Crippen LogP contribution in [0.3, 0.4) is 0 Å². The number of carbonyl (C=O) groups is 1. The van der Waals surface area contributed by atoms with Crippen LogP contribution in [0.25, 0.3) is 10.4 Å². The van der Waals surface area contributed by atoms with Gasteiger partial charge < -0.3 is 9.64 Å². The van der Waals surface area contributed by atoms with Crippen molar-refractivity contribution in [3.05, 3.63) is 10.4 Å². The summed E-state index contributed by atoms with van der Waals surface area (Å²) in [6.07, 6.45) is 0. The molecule has 0 saturated carbocycles. The van der Waals surface area contributed by atoms with Crippen molar-refractivity contribution in [2.45, 2.75) is 11.1 Å². The van der Waals surface area contributed by atoms with Gasteiger partial charge in [0.15, 0.2) is 0 Å². The number of hydrogen-bond donors (Lipinski definition) is 0. The second kappa shape index (κ2) is 2.80. The Balaban J connectivity index is 2.31. The van der Waals surface area contributed by atoms with Crippen molar-refractivity contribution in [2.75, 3.05) is 19.4 Å². The van der Waals surface area contributed by atoms with Crippen molar-refractivity contribution in [2.24, 2.45) is 5.11 Å². The fraction of sp³-hybridized carbons (Fsp3) is 0.833. The monoisotopic (exact) mass is 200 g/mol. The molecule has 7 heteroatoms. The van der Waals surface area contributed by atoms with E-state index in [-0.39, 0.29) is 11.3 Å². The molecule has 1 amide bonds. The molecule has 2 unspecified atom stereocenters. The van der Waals surface area contributed by atoms with Crippen LogP contribution in [0.15, 0.2) is 5.11 Å². The van der Waals surface area contributed by atoms with E-state index < -0.39 is 5.72 Å². The molecule has 0 radical (unpaired) electrons. The number of methoxy groups -OCH3 is 1. The number of ether oxygens (including phenoxy) is 1. The van der Waals surface area contributed by atoms with Gasteiger partial charge in [0.05, 0.1) is 0 Å². The standard InChI is InChI=1S/C6H8N4O2S/c1-12-6(8-9-7)4(11)10-2-3-13-5(6)10/h5H,2-3H2,1H3. The smallest absolute Gasteiger partial charge is 0.265 e. The predicted molar refractivity (Wildman–Crippen MR) is 46.8 cm³/mol. The molecule has 0 aromatic rings. The van der Waals surface area contributed by atoms with E-state index in [4.69, 9.17) is 10.3 Å². The number of carbonyl (C=O) groups excluding carboxylic acids is 1. The fourth-order valence-electron chi connectivity index (χ4n) is 1.63. The third kappa shape index (κ3) is 0.890. The minimum absolute atomic E-state index is 0.124. The maximum absolute atomic E-state index is 11.5. The first kappa shape index (κ1) is 8.68. The molecule has 0 aromatic carbocycles. The van der Waals surface area contributed by atoms with Crippen molar-refractivity contribution in [1.29, 1.82) is 0 Å². The van der Waals surface area contributed by atoms with Crippen molar-refractivity contribution < 1.29 is 9.53 Å². The molecule has 2 heterocycles. The lowest BCUT2D eigenvalue weighted by atomic mass is 10.0. The first-order chi connectivity index (χ1) is 6.26. The summed E-state index contributed by atoms with van der Waals surface area (Å²) in [6, 6.07) is 0. The van der Waals surface area contributed by atoms with E-state index in [1.54, 1.807) is 16.7 Å². The molecule has 0 spiro atoms. The first-order valence-corrected chi connectivity index (χ1v) is 4.85. The van der Waals surface area contributed by atoms with Gasteiger partial charge in [-0.1, -0.05) is 0 Å². The maximum Gasteiger partial charge on any atom is 0.265 e. The van der Waals surface area contributed by atoms with Crippen LogP contribution >= 0.6 is 11.8 Å². The summed E-state index contributed by atoms with van der Waals surface area (Å²) < 4.78 is 5.01. The highest BCUT2D eigenvalue weighted by Crippen LogP contribution is 2.45. The number of amides is 1. The lowest BCUT2D eigenvalue weighted by Gasteiger charge is -2.47. The van der Waals surface area contributed by atoms with Gasteiger partial charge in [0.2, 0.25) is 0 Å². The van der Waals surface area contributed by atoms with Crippen molar-refractivity contribution in [3.8, 4) is 0 Å². The largest absolute Gasteiger partial charge is 0.361 e. The Hall–Kier alpha value is -0.910. The highest BCUT2D eigenvalue weighted by atomic mass is 32.2. The van der Waals surface area contributed by atoms with Gasteiger partial charge in [-0.3, -0.25) is 4.79 Å². The first-order valence-electron chi connectivity index (χ1n) is 3.80. The number of nitrogens with zero attached hydrogens (tertiary/aromatic N) is 4. The molecule has 0 aromatic heterocycles. The van der Waals surface area contributed by atoms with Crippen LogP contribution in [0.4, 0.5) is 0 Å². The molecule has 2 atom stereocenters. The molecule has 0 aliphatic carbocycles. The molecule has 70 valence electrons. The van der Waals surface area contributed by atoms with Gasteiger partial charge in [0.1, 0.15) is 5.37 Å². The number of β-lactam (4-membered cyclic amide) rings is 1. The van der Waals surface area contributed by atoms with Gasteiger partial charge >= 0.3 is 0 Å². The molecule has 2 rings (SSSR count). The quantitative estimate of drug-likeness (QED) is 0.282. The van der Waals surface area contributed by atoms with E-state index in [0.717, 1.165) is 12.3 Å². The summed E-state index contributed by atoms with van der Waals surface area (Å²) in [4.78, 5) is 15.8. The van der Waals surface area contributed by atoms with Gasteiger partial charge in [-0.25, -0.2) is 0 Å². The highest BCUT2D eigenvalue weighted by Gasteiger charge is 2.63. The Morgan fingerprint density at radius 3 is 3.31 bits per heavy atom. The highest BCUT2D eigenvalue weighted by molar-refractivity contribution is 8.00. The van der Waals surface area contributed by atoms with Crippen molar-refractivity contribution in [1.82, 2.24) is 4.90 Å². The van der Waals surface area contributed by atoms with Crippen molar-refractivity contribution >= 4 is 17.7 Å². The molecule has 2 saturated heterocycles. The molecule has 2 aliphatic rings. The minimum Gasteiger partial charge on any atom is -0.361 e. The third-order valence-electron chi connectivity index (χ3n) is 2.30. The summed E-state index contributed by atoms with van der Waals surface area (Å²) in [5.74, 6) is 0.658. The molecule has 6 nitrogen and oxygen atoms in total. The van der Waals surface area contributed by atoms with E-state index >= 15 is 0 Å². The topological polar surface area (TPSA) is 78.3 Å². The van der Waals surface area contributed by atoms with Crippen LogP contribution in [0.2, 0.25) is 0 Å². The van der Waals surface area contributed by atoms with E-state index in [1.807, 2.05) is 0 Å². The molecule has 0 bridgehead atoms. The SMILES string of the molecule is COC1(N=[N+]=[N-])C(=O)N2CCSC21. The van der Waals surface area contributed by atoms with Gasteiger partial charge in [-0.05, 0) is 10.6 Å². The maximum atomic E-state index is 11.5. The van der Waals surface area contributed by atoms with E-state index in [1.165, 1.54) is 7.11 Å². The van der Waals surface area contributed by atoms with E-state index in [9.17, 15) is 4.79 Å². The summed E-state index contributed by atoms with van der Waals surface area (Å²) in [5.41, 5.74) is 7.07. The lowest BCUT2D eigenvalue weighted by molar-refractivity contribution is -0.182. The average Bonchev–Trinajstić information content (AvgIpc) is 2.59. The van der Waals surface area contributed by atoms with Gasteiger partial charge in [0.25, 0.3) is 11.6 Å². The number of azide groups is 1. The zero-order valence-corrected chi connectivity index (χ0v) is 7.82. The number of fused-ring (bicyclic) bond motifs is 1. The van der Waals surface area contributed by atoms with Crippen LogP contribution in [0.1, 0.15) is 0 Å². The zero-order valence-electron chi connectivity index (χ0n) is 7.01. The van der Waals surface area contributed by atoms with Crippen LogP contribution in [0.5, 0.6) is 0 Å². The van der Waals surface area contributed by atoms with Crippen LogP contribution < -0.4 is 0 Å². The second-order valence-corrected chi connectivity index (χ2v) is 4.00. The Morgan fingerprint density at radius 2 is 2.69 bits per heavy atom.